The van der Waals surface area contributed by atoms with Crippen LogP contribution in [-0.2, 0) is 0 Å². The first-order valence-electron chi connectivity index (χ1n) is 8.08. The highest BCUT2D eigenvalue weighted by molar-refractivity contribution is 5.94. The summed E-state index contributed by atoms with van der Waals surface area (Å²) in [6.07, 6.45) is 1.17. The van der Waals surface area contributed by atoms with Crippen molar-refractivity contribution in [3.63, 3.8) is 0 Å². The summed E-state index contributed by atoms with van der Waals surface area (Å²) in [7, 11) is 0. The van der Waals surface area contributed by atoms with Crippen molar-refractivity contribution < 1.29 is 14.3 Å². The normalized spacial score (nSPS) is 20.2. The van der Waals surface area contributed by atoms with Gasteiger partial charge < -0.3 is 10.0 Å². The van der Waals surface area contributed by atoms with Crippen molar-refractivity contribution in [2.75, 3.05) is 6.54 Å². The third-order valence-corrected chi connectivity index (χ3v) is 4.44. The lowest BCUT2D eigenvalue weighted by atomic mass is 10.0. The van der Waals surface area contributed by atoms with Crippen LogP contribution in [0.5, 0.6) is 0 Å². The molecule has 4 rings (SSSR count). The van der Waals surface area contributed by atoms with Gasteiger partial charge in [0, 0.05) is 6.54 Å². The minimum Gasteiger partial charge on any atom is -0.391 e. The van der Waals surface area contributed by atoms with E-state index in [1.807, 2.05) is 18.2 Å². The van der Waals surface area contributed by atoms with Gasteiger partial charge in [0.1, 0.15) is 11.5 Å². The monoisotopic (exact) mass is 337 g/mol. The SMILES string of the molecule is O=C(c1cnc2ccccc2n1)N1C[C@H](O)C[C@@H]1c1cccc(F)c1. The Morgan fingerprint density at radius 2 is 1.96 bits per heavy atom. The number of rotatable bonds is 2. The molecule has 1 N–H and O–H groups in total. The van der Waals surface area contributed by atoms with E-state index < -0.39 is 6.10 Å². The van der Waals surface area contributed by atoms with E-state index >= 15 is 0 Å². The van der Waals surface area contributed by atoms with Crippen molar-refractivity contribution in [2.24, 2.45) is 0 Å². The minimum absolute atomic E-state index is 0.189. The lowest BCUT2D eigenvalue weighted by Crippen LogP contribution is -2.32. The Labute approximate surface area is 143 Å². The number of carbonyl (C=O) groups excluding carboxylic acids is 1. The molecule has 2 aromatic carbocycles. The standard InChI is InChI=1S/C19H16FN3O2/c20-13-5-3-4-12(8-13)18-9-14(24)11-23(18)19(25)17-10-21-15-6-1-2-7-16(15)22-17/h1-8,10,14,18,24H,9,11H2/t14-,18-/m1/s1. The van der Waals surface area contributed by atoms with Crippen molar-refractivity contribution in [3.8, 4) is 0 Å². The maximum atomic E-state index is 13.6. The number of hydrogen-bond acceptors (Lipinski definition) is 4. The Morgan fingerprint density at radius 1 is 1.16 bits per heavy atom. The summed E-state index contributed by atoms with van der Waals surface area (Å²) in [6, 6.07) is 13.0. The van der Waals surface area contributed by atoms with Crippen LogP contribution < -0.4 is 0 Å². The summed E-state index contributed by atoms with van der Waals surface area (Å²) in [5.41, 5.74) is 2.23. The molecule has 0 aliphatic carbocycles. The van der Waals surface area contributed by atoms with E-state index in [9.17, 15) is 14.3 Å². The number of amides is 1. The molecule has 5 nitrogen and oxygen atoms in total. The van der Waals surface area contributed by atoms with E-state index in [4.69, 9.17) is 0 Å². The molecule has 126 valence electrons. The number of nitrogens with zero attached hydrogens (tertiary/aromatic N) is 3. The number of likely N-dealkylation sites (tertiary alicyclic amines) is 1. The maximum Gasteiger partial charge on any atom is 0.274 e. The lowest BCUT2D eigenvalue weighted by molar-refractivity contribution is 0.0709. The summed E-state index contributed by atoms with van der Waals surface area (Å²) in [5.74, 6) is -0.680. The fourth-order valence-corrected chi connectivity index (χ4v) is 3.28. The van der Waals surface area contributed by atoms with Crippen LogP contribution in [0.4, 0.5) is 4.39 Å². The molecule has 1 amide bonds. The quantitative estimate of drug-likeness (QED) is 0.781. The number of fused-ring (bicyclic) bond motifs is 1. The molecule has 1 aromatic heterocycles. The number of aliphatic hydroxyl groups is 1. The third-order valence-electron chi connectivity index (χ3n) is 4.44. The van der Waals surface area contributed by atoms with Gasteiger partial charge in [-0.15, -0.1) is 0 Å². The van der Waals surface area contributed by atoms with Crippen LogP contribution in [0.15, 0.2) is 54.7 Å². The molecule has 2 heterocycles. The summed E-state index contributed by atoms with van der Waals surface area (Å²) >= 11 is 0. The van der Waals surface area contributed by atoms with Crippen LogP contribution in [-0.4, -0.2) is 38.5 Å². The molecule has 3 aromatic rings. The second-order valence-electron chi connectivity index (χ2n) is 6.16. The van der Waals surface area contributed by atoms with Gasteiger partial charge in [-0.05, 0) is 36.2 Å². The number of aromatic nitrogens is 2. The minimum atomic E-state index is -0.648. The van der Waals surface area contributed by atoms with E-state index in [2.05, 4.69) is 9.97 Å². The Bertz CT molecular complexity index is 947. The van der Waals surface area contributed by atoms with E-state index in [1.165, 1.54) is 23.2 Å². The zero-order chi connectivity index (χ0) is 17.4. The van der Waals surface area contributed by atoms with Gasteiger partial charge in [-0.25, -0.2) is 9.37 Å². The van der Waals surface area contributed by atoms with E-state index in [0.29, 0.717) is 23.0 Å². The van der Waals surface area contributed by atoms with E-state index in [0.717, 1.165) is 0 Å². The predicted molar refractivity (Wildman–Crippen MR) is 90.3 cm³/mol. The zero-order valence-electron chi connectivity index (χ0n) is 13.3. The second kappa shape index (κ2) is 6.22. The number of aliphatic hydroxyl groups excluding tert-OH is 1. The molecule has 1 aliphatic heterocycles. The second-order valence-corrected chi connectivity index (χ2v) is 6.16. The van der Waals surface area contributed by atoms with E-state index in [-0.39, 0.29) is 30.0 Å². The van der Waals surface area contributed by atoms with Gasteiger partial charge in [-0.2, -0.15) is 0 Å². The molecule has 1 saturated heterocycles. The summed E-state index contributed by atoms with van der Waals surface area (Å²) in [6.45, 7) is 0.189. The lowest BCUT2D eigenvalue weighted by Gasteiger charge is -2.24. The average molecular weight is 337 g/mol. The Kier molecular flexibility index (Phi) is 3.89. The van der Waals surface area contributed by atoms with Crippen molar-refractivity contribution in [1.29, 1.82) is 0 Å². The number of β-amino-alcohol motifs (C(OH)–C–C–N with tert-alkyl or cyclic N) is 1. The fraction of sp³-hybridized carbons (Fsp3) is 0.211. The molecule has 0 spiro atoms. The zero-order valence-corrected chi connectivity index (χ0v) is 13.3. The molecule has 2 atom stereocenters. The van der Waals surface area contributed by atoms with Crippen molar-refractivity contribution in [1.82, 2.24) is 14.9 Å². The van der Waals surface area contributed by atoms with Crippen LogP contribution in [0.1, 0.15) is 28.5 Å². The Balaban J connectivity index is 1.69. The van der Waals surface area contributed by atoms with Crippen LogP contribution >= 0.6 is 0 Å². The van der Waals surface area contributed by atoms with Crippen LogP contribution in [0.3, 0.4) is 0 Å². The van der Waals surface area contributed by atoms with E-state index in [1.54, 1.807) is 18.2 Å². The Morgan fingerprint density at radius 3 is 2.76 bits per heavy atom. The van der Waals surface area contributed by atoms with Gasteiger partial charge in [0.25, 0.3) is 5.91 Å². The number of hydrogen-bond donors (Lipinski definition) is 1. The summed E-state index contributed by atoms with van der Waals surface area (Å²) < 4.78 is 13.6. The maximum absolute atomic E-state index is 13.6. The summed E-state index contributed by atoms with van der Waals surface area (Å²) in [5, 5.41) is 10.0. The van der Waals surface area contributed by atoms with Gasteiger partial charge in [0.2, 0.25) is 0 Å². The molecule has 0 saturated carbocycles. The highest BCUT2D eigenvalue weighted by atomic mass is 19.1. The first-order valence-corrected chi connectivity index (χ1v) is 8.08. The Hall–Kier alpha value is -2.86. The fourth-order valence-electron chi connectivity index (χ4n) is 3.28. The van der Waals surface area contributed by atoms with Crippen molar-refractivity contribution in [3.05, 3.63) is 71.8 Å². The first kappa shape index (κ1) is 15.7. The summed E-state index contributed by atoms with van der Waals surface area (Å²) in [4.78, 5) is 23.1. The molecule has 1 aliphatic rings. The van der Waals surface area contributed by atoms with Gasteiger partial charge in [0.15, 0.2) is 0 Å². The largest absolute Gasteiger partial charge is 0.391 e. The van der Waals surface area contributed by atoms with Crippen LogP contribution in [0.2, 0.25) is 0 Å². The molecule has 0 bridgehead atoms. The third kappa shape index (κ3) is 2.96. The molecule has 1 fully saturated rings. The highest BCUT2D eigenvalue weighted by Gasteiger charge is 2.36. The van der Waals surface area contributed by atoms with Gasteiger partial charge in [-0.1, -0.05) is 24.3 Å². The number of para-hydroxylation sites is 2. The van der Waals surface area contributed by atoms with Crippen LogP contribution in [0.25, 0.3) is 11.0 Å². The molecule has 6 heteroatoms. The van der Waals surface area contributed by atoms with Crippen molar-refractivity contribution >= 4 is 16.9 Å². The smallest absolute Gasteiger partial charge is 0.274 e. The highest BCUT2D eigenvalue weighted by Crippen LogP contribution is 2.33. The molecular weight excluding hydrogens is 321 g/mol. The van der Waals surface area contributed by atoms with Crippen molar-refractivity contribution in [2.45, 2.75) is 18.6 Å². The first-order chi connectivity index (χ1) is 12.1. The van der Waals surface area contributed by atoms with Crippen LogP contribution in [0, 0.1) is 5.82 Å². The average Bonchev–Trinajstić information content (AvgIpc) is 3.02. The topological polar surface area (TPSA) is 66.3 Å². The van der Waals surface area contributed by atoms with Gasteiger partial charge >= 0.3 is 0 Å². The molecule has 0 unspecified atom stereocenters. The number of halogens is 1. The molecule has 0 radical (unpaired) electrons. The number of carbonyl (C=O) groups is 1. The molecular formula is C19H16FN3O2. The van der Waals surface area contributed by atoms with Gasteiger partial charge in [-0.3, -0.25) is 9.78 Å². The van der Waals surface area contributed by atoms with Gasteiger partial charge in [0.05, 0.1) is 29.4 Å². The number of benzene rings is 2. The predicted octanol–water partition coefficient (Wildman–Crippen LogP) is 2.72. The molecule has 25 heavy (non-hydrogen) atoms.